The molecule has 9 nitrogen and oxygen atoms in total. The van der Waals surface area contributed by atoms with Crippen molar-refractivity contribution in [3.05, 3.63) is 95.8 Å². The second kappa shape index (κ2) is 11.5. The van der Waals surface area contributed by atoms with Crippen molar-refractivity contribution >= 4 is 11.6 Å². The number of carbonyl (C=O) groups excluding carboxylic acids is 1. The molecule has 1 amide bonds. The predicted octanol–water partition coefficient (Wildman–Crippen LogP) is 5.38. The Morgan fingerprint density at radius 1 is 1.00 bits per heavy atom. The molecule has 2 heterocycles. The van der Waals surface area contributed by atoms with Crippen LogP contribution < -0.4 is 10.1 Å². The number of aryl methyl sites for hydroxylation is 1. The van der Waals surface area contributed by atoms with E-state index in [0.717, 1.165) is 53.0 Å². The van der Waals surface area contributed by atoms with E-state index < -0.39 is 0 Å². The first-order valence-corrected chi connectivity index (χ1v) is 12.6. The molecule has 0 fully saturated rings. The molecule has 0 unspecified atom stereocenters. The zero-order valence-electron chi connectivity index (χ0n) is 21.4. The Labute approximate surface area is 220 Å². The van der Waals surface area contributed by atoms with Crippen LogP contribution in [0.25, 0.3) is 22.5 Å². The van der Waals surface area contributed by atoms with Crippen molar-refractivity contribution < 1.29 is 9.53 Å². The highest BCUT2D eigenvalue weighted by Gasteiger charge is 2.16. The number of nitrogens with one attached hydrogen (secondary N) is 2. The van der Waals surface area contributed by atoms with Gasteiger partial charge in [0.2, 0.25) is 5.82 Å². The molecule has 0 radical (unpaired) electrons. The third kappa shape index (κ3) is 5.62. The fourth-order valence-corrected chi connectivity index (χ4v) is 4.30. The monoisotopic (exact) mass is 507 g/mol. The second-order valence-corrected chi connectivity index (χ2v) is 8.94. The van der Waals surface area contributed by atoms with Gasteiger partial charge in [0.15, 0.2) is 5.69 Å². The van der Waals surface area contributed by atoms with Gasteiger partial charge in [0.1, 0.15) is 5.75 Å². The lowest BCUT2D eigenvalue weighted by Crippen LogP contribution is -2.13. The van der Waals surface area contributed by atoms with Gasteiger partial charge in [0.25, 0.3) is 5.91 Å². The van der Waals surface area contributed by atoms with Crippen LogP contribution in [-0.4, -0.2) is 43.4 Å². The summed E-state index contributed by atoms with van der Waals surface area (Å²) in [7, 11) is 1.61. The molecule has 0 saturated carbocycles. The molecule has 192 valence electrons. The minimum absolute atomic E-state index is 0.236. The Bertz CT molecular complexity index is 1490. The van der Waals surface area contributed by atoms with Gasteiger partial charge in [0.05, 0.1) is 13.7 Å². The molecule has 9 heteroatoms. The standard InChI is InChI=1S/C29H29N7O2/c1-3-4-7-23-18-27(29(37)30-22-14-16-24(38-2)17-15-22)33-36(23)19-20-10-12-21(13-11-20)25-8-5-6-9-26(25)28-31-34-35-32-28/h5-6,8-18H,3-4,7,19H2,1-2H3,(H,30,37)(H,31,32,34,35). The lowest BCUT2D eigenvalue weighted by Gasteiger charge is -2.10. The number of aromatic amines is 1. The number of unbranched alkanes of at least 4 members (excludes halogenated alkanes) is 1. The van der Waals surface area contributed by atoms with E-state index in [1.165, 1.54) is 0 Å². The Kier molecular flexibility index (Phi) is 7.54. The highest BCUT2D eigenvalue weighted by molar-refractivity contribution is 6.03. The molecule has 0 atom stereocenters. The second-order valence-electron chi connectivity index (χ2n) is 8.94. The van der Waals surface area contributed by atoms with Gasteiger partial charge in [-0.05, 0) is 65.1 Å². The van der Waals surface area contributed by atoms with Gasteiger partial charge in [-0.25, -0.2) is 0 Å². The Morgan fingerprint density at radius 3 is 2.45 bits per heavy atom. The zero-order valence-corrected chi connectivity index (χ0v) is 21.4. The lowest BCUT2D eigenvalue weighted by atomic mass is 9.98. The van der Waals surface area contributed by atoms with Crippen molar-refractivity contribution in [3.63, 3.8) is 0 Å². The van der Waals surface area contributed by atoms with Gasteiger partial charge >= 0.3 is 0 Å². The summed E-state index contributed by atoms with van der Waals surface area (Å²) < 4.78 is 7.12. The number of nitrogens with zero attached hydrogens (tertiary/aromatic N) is 5. The van der Waals surface area contributed by atoms with Gasteiger partial charge in [-0.1, -0.05) is 61.9 Å². The van der Waals surface area contributed by atoms with Gasteiger partial charge in [-0.3, -0.25) is 9.48 Å². The van der Waals surface area contributed by atoms with Crippen LogP contribution in [0.1, 0.15) is 41.5 Å². The number of rotatable bonds is 10. The molecule has 3 aromatic carbocycles. The van der Waals surface area contributed by atoms with E-state index in [4.69, 9.17) is 4.74 Å². The average molecular weight is 508 g/mol. The van der Waals surface area contributed by atoms with Crippen LogP contribution in [0.2, 0.25) is 0 Å². The topological polar surface area (TPSA) is 111 Å². The van der Waals surface area contributed by atoms with Crippen LogP contribution in [0.15, 0.2) is 78.9 Å². The van der Waals surface area contributed by atoms with Gasteiger partial charge < -0.3 is 10.1 Å². The van der Waals surface area contributed by atoms with Crippen LogP contribution in [-0.2, 0) is 13.0 Å². The van der Waals surface area contributed by atoms with E-state index in [2.05, 4.69) is 62.2 Å². The first kappa shape index (κ1) is 24.9. The van der Waals surface area contributed by atoms with Crippen molar-refractivity contribution in [2.75, 3.05) is 12.4 Å². The molecule has 0 aliphatic rings. The number of benzene rings is 3. The summed E-state index contributed by atoms with van der Waals surface area (Å²) in [6.45, 7) is 2.73. The molecule has 2 aromatic heterocycles. The third-order valence-electron chi connectivity index (χ3n) is 6.34. The average Bonchev–Trinajstić information content (AvgIpc) is 3.64. The number of methoxy groups -OCH3 is 1. The normalized spacial score (nSPS) is 10.9. The van der Waals surface area contributed by atoms with Crippen LogP contribution >= 0.6 is 0 Å². The highest BCUT2D eigenvalue weighted by atomic mass is 16.5. The maximum atomic E-state index is 13.0. The minimum Gasteiger partial charge on any atom is -0.497 e. The predicted molar refractivity (Wildman–Crippen MR) is 146 cm³/mol. The van der Waals surface area contributed by atoms with E-state index >= 15 is 0 Å². The molecule has 0 saturated heterocycles. The Balaban J connectivity index is 1.35. The van der Waals surface area contributed by atoms with E-state index in [1.807, 2.05) is 59.3 Å². The summed E-state index contributed by atoms with van der Waals surface area (Å²) in [5.74, 6) is 1.06. The van der Waals surface area contributed by atoms with Crippen LogP contribution in [0.4, 0.5) is 5.69 Å². The zero-order chi connectivity index (χ0) is 26.3. The molecule has 0 spiro atoms. The molecular formula is C29H29N7O2. The summed E-state index contributed by atoms with van der Waals surface area (Å²) in [6, 6.07) is 25.5. The lowest BCUT2D eigenvalue weighted by molar-refractivity contribution is 0.102. The van der Waals surface area contributed by atoms with E-state index in [1.54, 1.807) is 7.11 Å². The highest BCUT2D eigenvalue weighted by Crippen LogP contribution is 2.30. The molecule has 0 bridgehead atoms. The van der Waals surface area contributed by atoms with Crippen molar-refractivity contribution in [2.24, 2.45) is 0 Å². The molecule has 5 rings (SSSR count). The number of H-pyrrole nitrogens is 1. The third-order valence-corrected chi connectivity index (χ3v) is 6.34. The Morgan fingerprint density at radius 2 is 1.76 bits per heavy atom. The summed E-state index contributed by atoms with van der Waals surface area (Å²) >= 11 is 0. The summed E-state index contributed by atoms with van der Waals surface area (Å²) in [5, 5.41) is 22.1. The fraction of sp³-hybridized carbons (Fsp3) is 0.207. The first-order valence-electron chi connectivity index (χ1n) is 12.6. The molecule has 5 aromatic rings. The number of ether oxygens (including phenoxy) is 1. The largest absolute Gasteiger partial charge is 0.497 e. The van der Waals surface area contributed by atoms with Gasteiger partial charge in [-0.2, -0.15) is 10.3 Å². The number of anilines is 1. The smallest absolute Gasteiger partial charge is 0.276 e. The van der Waals surface area contributed by atoms with Crippen LogP contribution in [0.3, 0.4) is 0 Å². The number of aromatic nitrogens is 6. The molecule has 0 aliphatic heterocycles. The SMILES string of the molecule is CCCCc1cc(C(=O)Nc2ccc(OC)cc2)nn1Cc1ccc(-c2ccccc2-c2nn[nH]n2)cc1. The maximum absolute atomic E-state index is 13.0. The molecule has 0 aliphatic carbocycles. The summed E-state index contributed by atoms with van der Waals surface area (Å²) in [5.41, 5.74) is 6.22. The number of hydrogen-bond acceptors (Lipinski definition) is 6. The number of carbonyl (C=O) groups is 1. The quantitative estimate of drug-likeness (QED) is 0.263. The van der Waals surface area contributed by atoms with Gasteiger partial charge in [-0.15, -0.1) is 10.2 Å². The number of hydrogen-bond donors (Lipinski definition) is 2. The van der Waals surface area contributed by atoms with Gasteiger partial charge in [0, 0.05) is 16.9 Å². The van der Waals surface area contributed by atoms with E-state index in [9.17, 15) is 4.79 Å². The first-order chi connectivity index (χ1) is 18.6. The summed E-state index contributed by atoms with van der Waals surface area (Å²) in [4.78, 5) is 13.0. The van der Waals surface area contributed by atoms with Crippen LogP contribution in [0.5, 0.6) is 5.75 Å². The number of amides is 1. The molecular weight excluding hydrogens is 478 g/mol. The maximum Gasteiger partial charge on any atom is 0.276 e. The van der Waals surface area contributed by atoms with E-state index in [-0.39, 0.29) is 5.91 Å². The summed E-state index contributed by atoms with van der Waals surface area (Å²) in [6.07, 6.45) is 2.94. The molecule has 2 N–H and O–H groups in total. The van der Waals surface area contributed by atoms with Crippen molar-refractivity contribution in [1.29, 1.82) is 0 Å². The number of tetrazole rings is 1. The fourth-order valence-electron chi connectivity index (χ4n) is 4.30. The van der Waals surface area contributed by atoms with Crippen molar-refractivity contribution in [1.82, 2.24) is 30.4 Å². The van der Waals surface area contributed by atoms with Crippen LogP contribution in [0, 0.1) is 0 Å². The Hall–Kier alpha value is -4.79. The van der Waals surface area contributed by atoms with E-state index in [0.29, 0.717) is 23.8 Å². The molecule has 38 heavy (non-hydrogen) atoms. The minimum atomic E-state index is -0.236. The van der Waals surface area contributed by atoms with Crippen molar-refractivity contribution in [2.45, 2.75) is 32.7 Å². The van der Waals surface area contributed by atoms with Crippen molar-refractivity contribution in [3.8, 4) is 28.3 Å².